The van der Waals surface area contributed by atoms with Gasteiger partial charge in [-0.25, -0.2) is 9.97 Å². The summed E-state index contributed by atoms with van der Waals surface area (Å²) in [5, 5.41) is 8.23. The van der Waals surface area contributed by atoms with E-state index in [1.807, 2.05) is 0 Å². The predicted octanol–water partition coefficient (Wildman–Crippen LogP) is 0.866. The van der Waals surface area contributed by atoms with Gasteiger partial charge >= 0.3 is 0 Å². The van der Waals surface area contributed by atoms with E-state index in [1.54, 1.807) is 6.20 Å². The van der Waals surface area contributed by atoms with Gasteiger partial charge in [-0.1, -0.05) is 11.3 Å². The van der Waals surface area contributed by atoms with Gasteiger partial charge in [0.1, 0.15) is 5.69 Å². The molecular weight excluding hydrogens is 206 g/mol. The van der Waals surface area contributed by atoms with Crippen molar-refractivity contribution in [3.8, 4) is 10.7 Å². The second-order valence-corrected chi connectivity index (χ2v) is 3.88. The predicted molar refractivity (Wildman–Crippen MR) is 52.6 cm³/mol. The Hall–Kier alpha value is -1.21. The number of hydrogen-bond acceptors (Lipinski definition) is 7. The van der Waals surface area contributed by atoms with Gasteiger partial charge in [0, 0.05) is 12.4 Å². The highest BCUT2D eigenvalue weighted by Gasteiger charge is 2.09. The summed E-state index contributed by atoms with van der Waals surface area (Å²) in [6.45, 7) is 0. The number of rotatable bonds is 1. The fourth-order valence-electron chi connectivity index (χ4n) is 0.825. The van der Waals surface area contributed by atoms with Crippen molar-refractivity contribution in [2.45, 2.75) is 4.34 Å². The van der Waals surface area contributed by atoms with Crippen molar-refractivity contribution in [2.75, 3.05) is 5.73 Å². The van der Waals surface area contributed by atoms with E-state index < -0.39 is 0 Å². The Kier molecular flexibility index (Phi) is 2.11. The molecular formula is C6H5N5S2. The van der Waals surface area contributed by atoms with Gasteiger partial charge in [0.25, 0.3) is 0 Å². The van der Waals surface area contributed by atoms with Crippen LogP contribution in [-0.2, 0) is 0 Å². The van der Waals surface area contributed by atoms with Crippen LogP contribution in [0.25, 0.3) is 10.7 Å². The summed E-state index contributed by atoms with van der Waals surface area (Å²) in [5.41, 5.74) is 6.16. The maximum atomic E-state index is 5.60. The lowest BCUT2D eigenvalue weighted by Gasteiger charge is -1.96. The summed E-state index contributed by atoms with van der Waals surface area (Å²) >= 11 is 5.36. The molecule has 2 N–H and O–H groups in total. The molecule has 0 saturated carbocycles. The van der Waals surface area contributed by atoms with Crippen molar-refractivity contribution >= 4 is 29.8 Å². The molecule has 0 spiro atoms. The van der Waals surface area contributed by atoms with E-state index in [2.05, 4.69) is 32.8 Å². The third-order valence-corrected chi connectivity index (χ3v) is 2.44. The molecule has 0 unspecified atom stereocenters. The lowest BCUT2D eigenvalue weighted by atomic mass is 10.4. The second kappa shape index (κ2) is 3.27. The summed E-state index contributed by atoms with van der Waals surface area (Å²) in [6.07, 6.45) is 3.09. The molecule has 2 heterocycles. The Bertz CT molecular complexity index is 426. The van der Waals surface area contributed by atoms with E-state index in [9.17, 15) is 0 Å². The molecule has 7 heteroatoms. The number of nitrogen functional groups attached to an aromatic ring is 1. The SMILES string of the molecule is Nc1nccnc1-c1nnc(S)s1. The first-order valence-electron chi connectivity index (χ1n) is 3.36. The highest BCUT2D eigenvalue weighted by atomic mass is 32.2. The molecule has 0 radical (unpaired) electrons. The summed E-state index contributed by atoms with van der Waals surface area (Å²) in [6, 6.07) is 0. The summed E-state index contributed by atoms with van der Waals surface area (Å²) in [4.78, 5) is 7.94. The molecule has 66 valence electrons. The van der Waals surface area contributed by atoms with Gasteiger partial charge in [0.05, 0.1) is 0 Å². The van der Waals surface area contributed by atoms with E-state index in [1.165, 1.54) is 17.5 Å². The van der Waals surface area contributed by atoms with Crippen LogP contribution in [0.4, 0.5) is 5.82 Å². The van der Waals surface area contributed by atoms with E-state index in [-0.39, 0.29) is 0 Å². The van der Waals surface area contributed by atoms with E-state index in [0.717, 1.165) is 0 Å². The second-order valence-electron chi connectivity index (χ2n) is 2.18. The van der Waals surface area contributed by atoms with Gasteiger partial charge in [0.2, 0.25) is 0 Å². The monoisotopic (exact) mass is 211 g/mol. The topological polar surface area (TPSA) is 77.6 Å². The molecule has 0 amide bonds. The van der Waals surface area contributed by atoms with Crippen LogP contribution in [-0.4, -0.2) is 20.2 Å². The van der Waals surface area contributed by atoms with Crippen LogP contribution < -0.4 is 5.73 Å². The van der Waals surface area contributed by atoms with Crippen molar-refractivity contribution in [3.63, 3.8) is 0 Å². The zero-order valence-electron chi connectivity index (χ0n) is 6.38. The number of hydrogen-bond donors (Lipinski definition) is 2. The van der Waals surface area contributed by atoms with Crippen LogP contribution in [0.15, 0.2) is 16.7 Å². The lowest BCUT2D eigenvalue weighted by Crippen LogP contribution is -1.95. The molecule has 5 nitrogen and oxygen atoms in total. The maximum Gasteiger partial charge on any atom is 0.171 e. The summed E-state index contributed by atoms with van der Waals surface area (Å²) in [7, 11) is 0. The van der Waals surface area contributed by atoms with E-state index in [4.69, 9.17) is 5.73 Å². The van der Waals surface area contributed by atoms with Crippen LogP contribution in [0.3, 0.4) is 0 Å². The highest BCUT2D eigenvalue weighted by Crippen LogP contribution is 2.25. The third kappa shape index (κ3) is 1.61. The van der Waals surface area contributed by atoms with Crippen LogP contribution in [0.2, 0.25) is 0 Å². The van der Waals surface area contributed by atoms with Gasteiger partial charge in [-0.2, -0.15) is 0 Å². The van der Waals surface area contributed by atoms with E-state index in [0.29, 0.717) is 20.9 Å². The van der Waals surface area contributed by atoms with Crippen LogP contribution in [0, 0.1) is 0 Å². The van der Waals surface area contributed by atoms with Crippen molar-refractivity contribution < 1.29 is 0 Å². The quantitative estimate of drug-likeness (QED) is 0.684. The molecule has 2 aromatic rings. The van der Waals surface area contributed by atoms with Gasteiger partial charge < -0.3 is 5.73 Å². The normalized spacial score (nSPS) is 10.2. The number of nitrogens with two attached hydrogens (primary N) is 1. The molecule has 0 aliphatic carbocycles. The lowest BCUT2D eigenvalue weighted by molar-refractivity contribution is 1.01. The average molecular weight is 211 g/mol. The minimum absolute atomic E-state index is 0.354. The molecule has 0 aliphatic rings. The zero-order chi connectivity index (χ0) is 9.26. The third-order valence-electron chi connectivity index (χ3n) is 1.34. The Morgan fingerprint density at radius 2 is 2.00 bits per heavy atom. The fraction of sp³-hybridized carbons (Fsp3) is 0. The Morgan fingerprint density at radius 3 is 2.62 bits per heavy atom. The number of aromatic nitrogens is 4. The molecule has 2 aromatic heterocycles. The number of thiol groups is 1. The minimum atomic E-state index is 0.354. The smallest absolute Gasteiger partial charge is 0.171 e. The molecule has 0 fully saturated rings. The van der Waals surface area contributed by atoms with Crippen molar-refractivity contribution in [3.05, 3.63) is 12.4 Å². The first-order valence-corrected chi connectivity index (χ1v) is 4.63. The Balaban J connectivity index is 2.52. The van der Waals surface area contributed by atoms with Crippen molar-refractivity contribution in [1.29, 1.82) is 0 Å². The maximum absolute atomic E-state index is 5.60. The standard InChI is InChI=1S/C6H5N5S2/c7-4-3(8-1-2-9-4)5-10-11-6(12)13-5/h1-2H,(H2,7,9)(H,11,12). The first-order chi connectivity index (χ1) is 6.27. The van der Waals surface area contributed by atoms with Gasteiger partial charge in [0.15, 0.2) is 15.2 Å². The number of anilines is 1. The highest BCUT2D eigenvalue weighted by molar-refractivity contribution is 7.82. The molecule has 2 rings (SSSR count). The van der Waals surface area contributed by atoms with Gasteiger partial charge in [-0.3, -0.25) is 0 Å². The van der Waals surface area contributed by atoms with Crippen LogP contribution in [0.5, 0.6) is 0 Å². The van der Waals surface area contributed by atoms with Crippen molar-refractivity contribution in [2.24, 2.45) is 0 Å². The van der Waals surface area contributed by atoms with Gasteiger partial charge in [-0.05, 0) is 0 Å². The molecule has 0 aromatic carbocycles. The molecule has 0 atom stereocenters. The van der Waals surface area contributed by atoms with Crippen LogP contribution >= 0.6 is 24.0 Å². The van der Waals surface area contributed by atoms with Gasteiger partial charge in [-0.15, -0.1) is 22.8 Å². The first kappa shape index (κ1) is 8.39. The molecule has 13 heavy (non-hydrogen) atoms. The minimum Gasteiger partial charge on any atom is -0.382 e. The summed E-state index contributed by atoms with van der Waals surface area (Å²) in [5.74, 6) is 0.354. The molecule has 0 aliphatic heterocycles. The zero-order valence-corrected chi connectivity index (χ0v) is 8.09. The largest absolute Gasteiger partial charge is 0.382 e. The molecule has 0 saturated heterocycles. The van der Waals surface area contributed by atoms with E-state index >= 15 is 0 Å². The molecule has 0 bridgehead atoms. The number of nitrogens with zero attached hydrogens (tertiary/aromatic N) is 4. The summed E-state index contributed by atoms with van der Waals surface area (Å²) < 4.78 is 0.583. The van der Waals surface area contributed by atoms with Crippen LogP contribution in [0.1, 0.15) is 0 Å². The average Bonchev–Trinajstić information content (AvgIpc) is 2.53. The van der Waals surface area contributed by atoms with Crippen molar-refractivity contribution in [1.82, 2.24) is 20.2 Å². The Morgan fingerprint density at radius 1 is 1.23 bits per heavy atom. The Labute approximate surface area is 83.5 Å². The fourth-order valence-corrected chi connectivity index (χ4v) is 1.72.